The summed E-state index contributed by atoms with van der Waals surface area (Å²) < 4.78 is 23.8. The Hall–Kier alpha value is 0.01000. The van der Waals surface area contributed by atoms with Crippen molar-refractivity contribution in [2.75, 3.05) is 5.75 Å². The van der Waals surface area contributed by atoms with Crippen LogP contribution in [0.1, 0.15) is 6.42 Å². The Kier molecular flexibility index (Phi) is 4.04. The number of sulfonamides is 1. The van der Waals surface area contributed by atoms with E-state index in [9.17, 15) is 8.42 Å². The molecule has 1 heterocycles. The summed E-state index contributed by atoms with van der Waals surface area (Å²) in [5, 5.41) is 8.82. The van der Waals surface area contributed by atoms with Gasteiger partial charge in [-0.25, -0.2) is 18.2 Å². The van der Waals surface area contributed by atoms with Crippen molar-refractivity contribution in [3.63, 3.8) is 0 Å². The second kappa shape index (κ2) is 4.69. The predicted octanol–water partition coefficient (Wildman–Crippen LogP) is 0.482. The molecule has 1 aromatic heterocycles. The fourth-order valence-electron chi connectivity index (χ4n) is 0.855. The fraction of sp³-hybridized carbons (Fsp3) is 0.600. The Morgan fingerprint density at radius 3 is 2.50 bits per heavy atom. The second-order valence-corrected chi connectivity index (χ2v) is 5.75. The van der Waals surface area contributed by atoms with Crippen molar-refractivity contribution in [2.45, 2.75) is 13.0 Å². The molecule has 0 saturated heterocycles. The van der Waals surface area contributed by atoms with Crippen LogP contribution in [-0.4, -0.2) is 28.9 Å². The van der Waals surface area contributed by atoms with E-state index < -0.39 is 10.0 Å². The van der Waals surface area contributed by atoms with E-state index in [0.717, 1.165) is 0 Å². The average Bonchev–Trinajstić information content (AvgIpc) is 2.27. The minimum atomic E-state index is -3.39. The first-order valence-corrected chi connectivity index (χ1v) is 6.95. The molecule has 0 unspecified atom stereocenters. The lowest BCUT2D eigenvalue weighted by atomic mass is 10.5. The molecule has 0 aromatic carbocycles. The van der Waals surface area contributed by atoms with Crippen LogP contribution in [0.15, 0.2) is 9.47 Å². The smallest absolute Gasteiger partial charge is 0.218 e. The van der Waals surface area contributed by atoms with Crippen molar-refractivity contribution in [2.24, 2.45) is 5.14 Å². The summed E-state index contributed by atoms with van der Waals surface area (Å²) in [6, 6.07) is 0. The third kappa shape index (κ3) is 4.03. The molecule has 0 saturated carbocycles. The molecule has 0 atom stereocenters. The van der Waals surface area contributed by atoms with Crippen molar-refractivity contribution in [3.8, 4) is 0 Å². The Bertz CT molecular complexity index is 415. The highest BCUT2D eigenvalue weighted by Gasteiger charge is 2.07. The Morgan fingerprint density at radius 1 is 1.43 bits per heavy atom. The van der Waals surface area contributed by atoms with Gasteiger partial charge in [-0.05, 0) is 38.3 Å². The van der Waals surface area contributed by atoms with E-state index in [1.54, 1.807) is 4.68 Å². The highest BCUT2D eigenvalue weighted by Crippen LogP contribution is 2.11. The number of aryl methyl sites for hydroxylation is 1. The monoisotopic (exact) mass is 346 g/mol. The van der Waals surface area contributed by atoms with Gasteiger partial charge < -0.3 is 0 Å². The summed E-state index contributed by atoms with van der Waals surface area (Å²) in [6.07, 6.45) is 0.410. The van der Waals surface area contributed by atoms with Gasteiger partial charge in [0.05, 0.1) is 5.75 Å². The molecule has 0 spiro atoms. The van der Waals surface area contributed by atoms with Gasteiger partial charge in [0.2, 0.25) is 14.8 Å². The number of nitrogens with two attached hydrogens (primary N) is 1. The summed E-state index contributed by atoms with van der Waals surface area (Å²) in [5.74, 6) is -0.0586. The molecule has 1 rings (SSSR count). The SMILES string of the molecule is NS(=O)(=O)CCCn1nc(Br)nc1Br. The molecule has 80 valence electrons. The van der Waals surface area contributed by atoms with Gasteiger partial charge in [0.1, 0.15) is 0 Å². The number of rotatable bonds is 4. The van der Waals surface area contributed by atoms with E-state index in [1.165, 1.54) is 0 Å². The van der Waals surface area contributed by atoms with E-state index in [4.69, 9.17) is 5.14 Å². The highest BCUT2D eigenvalue weighted by atomic mass is 79.9. The van der Waals surface area contributed by atoms with Crippen LogP contribution in [0.3, 0.4) is 0 Å². The van der Waals surface area contributed by atoms with E-state index >= 15 is 0 Å². The minimum absolute atomic E-state index is 0.0586. The van der Waals surface area contributed by atoms with Crippen molar-refractivity contribution in [3.05, 3.63) is 9.47 Å². The van der Waals surface area contributed by atoms with E-state index in [0.29, 0.717) is 22.4 Å². The topological polar surface area (TPSA) is 90.9 Å². The van der Waals surface area contributed by atoms with Gasteiger partial charge in [-0.15, -0.1) is 5.10 Å². The Labute approximate surface area is 98.2 Å². The maximum Gasteiger partial charge on any atom is 0.218 e. The molecule has 6 nitrogen and oxygen atoms in total. The molecule has 0 bridgehead atoms. The molecule has 0 fully saturated rings. The summed E-state index contributed by atoms with van der Waals surface area (Å²) in [7, 11) is -3.39. The van der Waals surface area contributed by atoms with E-state index in [2.05, 4.69) is 41.9 Å². The van der Waals surface area contributed by atoms with E-state index in [1.807, 2.05) is 0 Å². The molecule has 1 aromatic rings. The van der Waals surface area contributed by atoms with Gasteiger partial charge in [0, 0.05) is 6.54 Å². The van der Waals surface area contributed by atoms with Crippen LogP contribution < -0.4 is 5.14 Å². The zero-order chi connectivity index (χ0) is 10.8. The fourth-order valence-corrected chi connectivity index (χ4v) is 2.41. The molecule has 14 heavy (non-hydrogen) atoms. The van der Waals surface area contributed by atoms with Crippen LogP contribution in [0, 0.1) is 0 Å². The highest BCUT2D eigenvalue weighted by molar-refractivity contribution is 9.11. The number of hydrogen-bond acceptors (Lipinski definition) is 4. The third-order valence-corrected chi connectivity index (χ3v) is 3.18. The lowest BCUT2D eigenvalue weighted by Gasteiger charge is -2.00. The van der Waals surface area contributed by atoms with Crippen LogP contribution in [0.4, 0.5) is 0 Å². The molecular weight excluding hydrogens is 340 g/mol. The van der Waals surface area contributed by atoms with Crippen LogP contribution in [0.25, 0.3) is 0 Å². The maximum atomic E-state index is 10.6. The largest absolute Gasteiger partial charge is 0.239 e. The predicted molar refractivity (Wildman–Crippen MR) is 58.0 cm³/mol. The zero-order valence-electron chi connectivity index (χ0n) is 7.02. The van der Waals surface area contributed by atoms with Crippen LogP contribution in [0.5, 0.6) is 0 Å². The zero-order valence-corrected chi connectivity index (χ0v) is 11.0. The number of nitrogens with zero attached hydrogens (tertiary/aromatic N) is 3. The Morgan fingerprint density at radius 2 is 2.07 bits per heavy atom. The first-order valence-electron chi connectivity index (χ1n) is 3.65. The van der Waals surface area contributed by atoms with Gasteiger partial charge in [-0.2, -0.15) is 4.98 Å². The van der Waals surface area contributed by atoms with Gasteiger partial charge in [0.25, 0.3) is 0 Å². The first kappa shape index (κ1) is 12.1. The lowest BCUT2D eigenvalue weighted by molar-refractivity contribution is 0.566. The molecule has 0 amide bonds. The standard InChI is InChI=1S/C5H8Br2N4O2S/c6-4-9-5(7)11(10-4)2-1-3-14(8,12)13/h1-3H2,(H2,8,12,13). The number of hydrogen-bond donors (Lipinski definition) is 1. The molecule has 2 N–H and O–H groups in total. The maximum absolute atomic E-state index is 10.6. The summed E-state index contributed by atoms with van der Waals surface area (Å²) >= 11 is 6.27. The normalized spacial score (nSPS) is 11.9. The van der Waals surface area contributed by atoms with Crippen LogP contribution >= 0.6 is 31.9 Å². The quantitative estimate of drug-likeness (QED) is 0.857. The summed E-state index contributed by atoms with van der Waals surface area (Å²) in [6.45, 7) is 0.454. The number of primary sulfonamides is 1. The van der Waals surface area contributed by atoms with Gasteiger partial charge in [-0.3, -0.25) is 0 Å². The number of halogens is 2. The molecule has 0 radical (unpaired) electrons. The van der Waals surface area contributed by atoms with Gasteiger partial charge >= 0.3 is 0 Å². The van der Waals surface area contributed by atoms with Crippen LogP contribution in [-0.2, 0) is 16.6 Å². The van der Waals surface area contributed by atoms with Gasteiger partial charge in [-0.1, -0.05) is 0 Å². The van der Waals surface area contributed by atoms with Crippen LogP contribution in [0.2, 0.25) is 0 Å². The molecule has 9 heteroatoms. The Balaban J connectivity index is 2.50. The number of aromatic nitrogens is 3. The van der Waals surface area contributed by atoms with Gasteiger partial charge in [0.15, 0.2) is 4.73 Å². The lowest BCUT2D eigenvalue weighted by Crippen LogP contribution is -2.18. The van der Waals surface area contributed by atoms with E-state index in [-0.39, 0.29) is 5.75 Å². The molecule has 0 aliphatic heterocycles. The molecule has 0 aliphatic rings. The molecule has 0 aliphatic carbocycles. The second-order valence-electron chi connectivity index (χ2n) is 2.59. The third-order valence-electron chi connectivity index (χ3n) is 1.40. The average molecular weight is 348 g/mol. The summed E-state index contributed by atoms with van der Waals surface area (Å²) in [4.78, 5) is 3.93. The van der Waals surface area contributed by atoms with Crippen molar-refractivity contribution >= 4 is 41.9 Å². The summed E-state index contributed by atoms with van der Waals surface area (Å²) in [5.41, 5.74) is 0. The van der Waals surface area contributed by atoms with Crippen molar-refractivity contribution in [1.29, 1.82) is 0 Å². The van der Waals surface area contributed by atoms with Crippen molar-refractivity contribution in [1.82, 2.24) is 14.8 Å². The first-order chi connectivity index (χ1) is 6.38. The molecular formula is C5H8Br2N4O2S. The minimum Gasteiger partial charge on any atom is -0.239 e. The van der Waals surface area contributed by atoms with Crippen molar-refractivity contribution < 1.29 is 8.42 Å².